The van der Waals surface area contributed by atoms with Crippen LogP contribution in [-0.4, -0.2) is 12.1 Å². The Morgan fingerprint density at radius 3 is 2.91 bits per heavy atom. The molecule has 2 heteroatoms. The maximum absolute atomic E-state index is 5.21. The molecule has 0 saturated heterocycles. The average Bonchev–Trinajstić information content (AvgIpc) is 2.05. The lowest BCUT2D eigenvalue weighted by atomic mass is 10.2. The lowest BCUT2D eigenvalue weighted by molar-refractivity contribution is 0.411. The normalized spacial score (nSPS) is 8.82. The van der Waals surface area contributed by atoms with Gasteiger partial charge in [0.25, 0.3) is 0 Å². The third kappa shape index (κ3) is 1.32. The molecule has 1 aromatic rings. The molecule has 1 rings (SSSR count). The highest BCUT2D eigenvalue weighted by atomic mass is 16.5. The van der Waals surface area contributed by atoms with E-state index in [-0.39, 0.29) is 0 Å². The Balaban J connectivity index is 3.23. The van der Waals surface area contributed by atoms with Gasteiger partial charge in [0.05, 0.1) is 7.11 Å². The summed E-state index contributed by atoms with van der Waals surface area (Å²) in [6.07, 6.45) is 6.85. The van der Waals surface area contributed by atoms with Crippen molar-refractivity contribution < 1.29 is 4.74 Å². The van der Waals surface area contributed by atoms with Gasteiger partial charge in [0, 0.05) is 11.8 Å². The zero-order valence-electron chi connectivity index (χ0n) is 6.59. The van der Waals surface area contributed by atoms with E-state index in [1.165, 1.54) is 0 Å². The Bertz CT molecular complexity index is 299. The number of hydrogen-bond donors (Lipinski definition) is 0. The molecule has 0 N–H and O–H groups in total. The molecular formula is C9H9NO. The Labute approximate surface area is 66.2 Å². The van der Waals surface area contributed by atoms with Gasteiger partial charge in [0.1, 0.15) is 11.4 Å². The van der Waals surface area contributed by atoms with Crippen molar-refractivity contribution in [3.8, 4) is 18.1 Å². The molecule has 0 saturated carbocycles. The summed E-state index contributed by atoms with van der Waals surface area (Å²) in [6, 6.07) is 1.79. The van der Waals surface area contributed by atoms with E-state index < -0.39 is 0 Å². The predicted octanol–water partition coefficient (Wildman–Crippen LogP) is 1.38. The third-order valence-corrected chi connectivity index (χ3v) is 1.51. The lowest BCUT2D eigenvalue weighted by Gasteiger charge is -2.03. The number of nitrogens with zero attached hydrogens (tertiary/aromatic N) is 1. The topological polar surface area (TPSA) is 22.1 Å². The molecule has 56 valence electrons. The van der Waals surface area contributed by atoms with Crippen molar-refractivity contribution >= 4 is 0 Å². The lowest BCUT2D eigenvalue weighted by Crippen LogP contribution is -1.92. The van der Waals surface area contributed by atoms with E-state index in [0.717, 1.165) is 11.3 Å². The quantitative estimate of drug-likeness (QED) is 0.560. The molecule has 0 bridgehead atoms. The van der Waals surface area contributed by atoms with Gasteiger partial charge < -0.3 is 4.74 Å². The number of pyridine rings is 1. The fourth-order valence-electron chi connectivity index (χ4n) is 0.885. The van der Waals surface area contributed by atoms with Crippen molar-refractivity contribution in [2.45, 2.75) is 6.92 Å². The Morgan fingerprint density at radius 1 is 1.64 bits per heavy atom. The molecule has 0 spiro atoms. The Kier molecular flexibility index (Phi) is 2.12. The zero-order valence-corrected chi connectivity index (χ0v) is 6.59. The number of terminal acetylenes is 1. The van der Waals surface area contributed by atoms with E-state index in [0.29, 0.717) is 5.69 Å². The first-order chi connectivity index (χ1) is 5.29. The molecule has 0 aliphatic rings. The molecule has 0 atom stereocenters. The van der Waals surface area contributed by atoms with E-state index in [4.69, 9.17) is 11.2 Å². The van der Waals surface area contributed by atoms with Crippen LogP contribution in [0.4, 0.5) is 0 Å². The molecule has 11 heavy (non-hydrogen) atoms. The molecule has 0 radical (unpaired) electrons. The average molecular weight is 147 g/mol. The van der Waals surface area contributed by atoms with Crippen molar-refractivity contribution in [2.24, 2.45) is 0 Å². The van der Waals surface area contributed by atoms with Gasteiger partial charge in [0.15, 0.2) is 0 Å². The van der Waals surface area contributed by atoms with Crippen molar-refractivity contribution in [3.05, 3.63) is 23.5 Å². The van der Waals surface area contributed by atoms with E-state index in [1.54, 1.807) is 19.4 Å². The van der Waals surface area contributed by atoms with Crippen LogP contribution in [0.3, 0.4) is 0 Å². The summed E-state index contributed by atoms with van der Waals surface area (Å²) in [5, 5.41) is 0. The second-order valence-electron chi connectivity index (χ2n) is 2.13. The molecular weight excluding hydrogens is 138 g/mol. The predicted molar refractivity (Wildman–Crippen MR) is 43.5 cm³/mol. The minimum absolute atomic E-state index is 0.643. The van der Waals surface area contributed by atoms with Gasteiger partial charge in [-0.25, -0.2) is 4.98 Å². The molecule has 0 aliphatic carbocycles. The van der Waals surface area contributed by atoms with Crippen molar-refractivity contribution in [2.75, 3.05) is 7.11 Å². The first-order valence-electron chi connectivity index (χ1n) is 3.25. The van der Waals surface area contributed by atoms with Crippen molar-refractivity contribution in [3.63, 3.8) is 0 Å². The standard InChI is InChI=1S/C9H9NO/c1-4-8-7(2)9(11-3)5-6-10-8/h1,5-6H,2-3H3. The summed E-state index contributed by atoms with van der Waals surface area (Å²) in [4.78, 5) is 3.99. The summed E-state index contributed by atoms with van der Waals surface area (Å²) >= 11 is 0. The third-order valence-electron chi connectivity index (χ3n) is 1.51. The second-order valence-corrected chi connectivity index (χ2v) is 2.13. The molecule has 0 amide bonds. The van der Waals surface area contributed by atoms with Crippen LogP contribution in [0, 0.1) is 19.3 Å². The van der Waals surface area contributed by atoms with Crippen molar-refractivity contribution in [1.29, 1.82) is 0 Å². The SMILES string of the molecule is C#Cc1nccc(OC)c1C. The minimum atomic E-state index is 0.643. The van der Waals surface area contributed by atoms with Crippen LogP contribution in [0.5, 0.6) is 5.75 Å². The maximum Gasteiger partial charge on any atom is 0.126 e. The molecule has 1 heterocycles. The van der Waals surface area contributed by atoms with Gasteiger partial charge in [0.2, 0.25) is 0 Å². The molecule has 0 aliphatic heterocycles. The highest BCUT2D eigenvalue weighted by Gasteiger charge is 2.01. The fraction of sp³-hybridized carbons (Fsp3) is 0.222. The number of aromatic nitrogens is 1. The smallest absolute Gasteiger partial charge is 0.126 e. The maximum atomic E-state index is 5.21. The van der Waals surface area contributed by atoms with Gasteiger partial charge in [-0.15, -0.1) is 6.42 Å². The molecule has 1 aromatic heterocycles. The molecule has 0 fully saturated rings. The Hall–Kier alpha value is -1.49. The highest BCUT2D eigenvalue weighted by molar-refractivity contribution is 5.41. The van der Waals surface area contributed by atoms with Gasteiger partial charge in [-0.2, -0.15) is 0 Å². The first kappa shape index (κ1) is 7.62. The molecule has 2 nitrogen and oxygen atoms in total. The largest absolute Gasteiger partial charge is 0.496 e. The van der Waals surface area contributed by atoms with Crippen LogP contribution >= 0.6 is 0 Å². The van der Waals surface area contributed by atoms with Crippen LogP contribution in [0.25, 0.3) is 0 Å². The van der Waals surface area contributed by atoms with E-state index >= 15 is 0 Å². The first-order valence-corrected chi connectivity index (χ1v) is 3.25. The summed E-state index contributed by atoms with van der Waals surface area (Å²) < 4.78 is 5.05. The van der Waals surface area contributed by atoms with Gasteiger partial charge in [-0.05, 0) is 18.9 Å². The van der Waals surface area contributed by atoms with Crippen molar-refractivity contribution in [1.82, 2.24) is 4.98 Å². The van der Waals surface area contributed by atoms with Crippen LogP contribution in [-0.2, 0) is 0 Å². The summed E-state index contributed by atoms with van der Waals surface area (Å²) in [5.74, 6) is 3.26. The van der Waals surface area contributed by atoms with E-state index in [1.807, 2.05) is 6.92 Å². The number of methoxy groups -OCH3 is 1. The summed E-state index contributed by atoms with van der Waals surface area (Å²) in [6.45, 7) is 1.89. The summed E-state index contributed by atoms with van der Waals surface area (Å²) in [7, 11) is 1.61. The fourth-order valence-corrected chi connectivity index (χ4v) is 0.885. The van der Waals surface area contributed by atoms with Crippen LogP contribution in [0.1, 0.15) is 11.3 Å². The summed E-state index contributed by atoms with van der Waals surface area (Å²) in [5.41, 5.74) is 1.56. The van der Waals surface area contributed by atoms with E-state index in [2.05, 4.69) is 10.9 Å². The Morgan fingerprint density at radius 2 is 2.36 bits per heavy atom. The molecule has 0 unspecified atom stereocenters. The monoisotopic (exact) mass is 147 g/mol. The van der Waals surface area contributed by atoms with Gasteiger partial charge >= 0.3 is 0 Å². The number of hydrogen-bond acceptors (Lipinski definition) is 2. The molecule has 0 aromatic carbocycles. The van der Waals surface area contributed by atoms with Crippen LogP contribution in [0.15, 0.2) is 12.3 Å². The number of rotatable bonds is 1. The van der Waals surface area contributed by atoms with Crippen LogP contribution in [0.2, 0.25) is 0 Å². The van der Waals surface area contributed by atoms with Crippen LogP contribution < -0.4 is 4.74 Å². The van der Waals surface area contributed by atoms with Gasteiger partial charge in [-0.3, -0.25) is 0 Å². The number of ether oxygens (including phenoxy) is 1. The van der Waals surface area contributed by atoms with Gasteiger partial charge in [-0.1, -0.05) is 0 Å². The van der Waals surface area contributed by atoms with E-state index in [9.17, 15) is 0 Å². The zero-order chi connectivity index (χ0) is 8.27. The highest BCUT2D eigenvalue weighted by Crippen LogP contribution is 2.17. The minimum Gasteiger partial charge on any atom is -0.496 e. The second kappa shape index (κ2) is 3.07.